The lowest BCUT2D eigenvalue weighted by molar-refractivity contribution is 0.127. The van der Waals surface area contributed by atoms with Crippen LogP contribution in [0.4, 0.5) is 0 Å². The van der Waals surface area contributed by atoms with Crippen molar-refractivity contribution in [2.45, 2.75) is 50.1 Å². The summed E-state index contributed by atoms with van der Waals surface area (Å²) in [5.41, 5.74) is 2.21. The third-order valence-electron chi connectivity index (χ3n) is 10.5. The molecular weight excluding hydrogens is 660 g/mol. The molecule has 262 valence electrons. The lowest BCUT2D eigenvalue weighted by Crippen LogP contribution is -2.30. The molecule has 0 bridgehead atoms. The van der Waals surface area contributed by atoms with Crippen molar-refractivity contribution >= 4 is 43.9 Å². The molecule has 4 aromatic carbocycles. The standard InChI is InChI=1S/C20H18O6.C19H16O6/c1-20(9-24-20)15-7-11-13(25-15)8-14(23-3)16-17(21)10-5-4-6-12(22-2)18(10)26-19(11)16;1-19(8-23-19)14-6-10-12(24-14)7-13(22-2)15-16(21)9-4-3-5-11(20)17(9)25-18(10)15/h4-6,8,15H,7,9H2,1-3H3;3-5,7,14,20H,6,8H2,1-2H3/t15-,20-;14-,19-/m11/s1. The van der Waals surface area contributed by atoms with Crippen LogP contribution in [0.3, 0.4) is 0 Å². The smallest absolute Gasteiger partial charge is 0.204 e. The number of methoxy groups -OCH3 is 3. The molecule has 4 aliphatic rings. The molecule has 0 saturated carbocycles. The predicted molar refractivity (Wildman–Crippen MR) is 186 cm³/mol. The molecule has 2 aromatic heterocycles. The molecule has 4 atom stereocenters. The van der Waals surface area contributed by atoms with Crippen LogP contribution in [0, 0.1) is 0 Å². The van der Waals surface area contributed by atoms with E-state index in [4.69, 9.17) is 42.0 Å². The van der Waals surface area contributed by atoms with Gasteiger partial charge >= 0.3 is 0 Å². The van der Waals surface area contributed by atoms with Crippen LogP contribution in [0.5, 0.6) is 34.5 Å². The summed E-state index contributed by atoms with van der Waals surface area (Å²) in [6.07, 6.45) is 0.958. The highest BCUT2D eigenvalue weighted by atomic mass is 16.6. The summed E-state index contributed by atoms with van der Waals surface area (Å²) in [6, 6.07) is 13.5. The number of phenols is 1. The van der Waals surface area contributed by atoms with Crippen LogP contribution in [0.2, 0.25) is 0 Å². The summed E-state index contributed by atoms with van der Waals surface area (Å²) in [6.45, 7) is 5.34. The van der Waals surface area contributed by atoms with Crippen molar-refractivity contribution in [3.8, 4) is 34.5 Å². The summed E-state index contributed by atoms with van der Waals surface area (Å²) in [7, 11) is 4.60. The van der Waals surface area contributed by atoms with Gasteiger partial charge in [-0.25, -0.2) is 0 Å². The molecule has 12 heteroatoms. The quantitative estimate of drug-likeness (QED) is 0.171. The topological polar surface area (TPSA) is 152 Å². The van der Waals surface area contributed by atoms with Gasteiger partial charge in [0.1, 0.15) is 68.3 Å². The second kappa shape index (κ2) is 11.0. The fourth-order valence-electron chi connectivity index (χ4n) is 7.17. The largest absolute Gasteiger partial charge is 0.504 e. The van der Waals surface area contributed by atoms with Gasteiger partial charge in [-0.1, -0.05) is 12.1 Å². The zero-order valence-corrected chi connectivity index (χ0v) is 28.5. The van der Waals surface area contributed by atoms with Gasteiger partial charge in [-0.15, -0.1) is 0 Å². The average Bonchev–Trinajstić information content (AvgIpc) is 3.95. The summed E-state index contributed by atoms with van der Waals surface area (Å²) in [4.78, 5) is 26.2. The lowest BCUT2D eigenvalue weighted by Gasteiger charge is -2.14. The fourth-order valence-corrected chi connectivity index (χ4v) is 7.17. The second-order valence-corrected chi connectivity index (χ2v) is 13.7. The molecule has 0 amide bonds. The maximum atomic E-state index is 13.2. The Labute approximate surface area is 289 Å². The number of benzene rings is 4. The summed E-state index contributed by atoms with van der Waals surface area (Å²) < 4.78 is 51.6. The third kappa shape index (κ3) is 4.73. The van der Waals surface area contributed by atoms with Crippen molar-refractivity contribution in [1.29, 1.82) is 0 Å². The van der Waals surface area contributed by atoms with Crippen LogP contribution in [0.25, 0.3) is 43.9 Å². The molecule has 2 fully saturated rings. The van der Waals surface area contributed by atoms with Crippen molar-refractivity contribution in [2.24, 2.45) is 0 Å². The van der Waals surface area contributed by atoms with E-state index >= 15 is 0 Å². The first-order valence-electron chi connectivity index (χ1n) is 16.6. The predicted octanol–water partition coefficient (Wildman–Crippen LogP) is 5.81. The van der Waals surface area contributed by atoms with E-state index in [0.717, 1.165) is 11.1 Å². The highest BCUT2D eigenvalue weighted by molar-refractivity contribution is 5.99. The summed E-state index contributed by atoms with van der Waals surface area (Å²) in [5.74, 6) is 2.60. The number of hydrogen-bond donors (Lipinski definition) is 1. The zero-order chi connectivity index (χ0) is 35.4. The number of ether oxygens (including phenoxy) is 7. The van der Waals surface area contributed by atoms with Crippen molar-refractivity contribution in [3.05, 3.63) is 80.1 Å². The van der Waals surface area contributed by atoms with Gasteiger partial charge in [-0.3, -0.25) is 9.59 Å². The van der Waals surface area contributed by atoms with E-state index in [1.54, 1.807) is 49.6 Å². The fraction of sp³-hybridized carbons (Fsp3) is 0.333. The Balaban J connectivity index is 0.000000137. The molecule has 4 aliphatic heterocycles. The highest BCUT2D eigenvalue weighted by Gasteiger charge is 2.52. The van der Waals surface area contributed by atoms with Gasteiger partial charge in [-0.05, 0) is 38.1 Å². The molecule has 1 N–H and O–H groups in total. The number of fused-ring (bicyclic) bond motifs is 8. The maximum Gasteiger partial charge on any atom is 0.204 e. The number of aromatic hydroxyl groups is 1. The Hall–Kier alpha value is -5.46. The minimum atomic E-state index is -0.308. The normalized spacial score (nSPS) is 24.0. The van der Waals surface area contributed by atoms with E-state index in [-0.39, 0.29) is 45.6 Å². The molecule has 6 heterocycles. The Morgan fingerprint density at radius 2 is 1.10 bits per heavy atom. The van der Waals surface area contributed by atoms with Crippen molar-refractivity contribution in [1.82, 2.24) is 0 Å². The van der Waals surface area contributed by atoms with E-state index < -0.39 is 0 Å². The number of para-hydroxylation sites is 2. The van der Waals surface area contributed by atoms with Crippen LogP contribution in [-0.4, -0.2) is 63.1 Å². The Bertz CT molecular complexity index is 2560. The SMILES string of the molecule is COc1cc2c(c3oc4c(O)cccc4c(=O)c13)C[C@H]([C@@]1(C)CO1)O2.COc1cccc2c(=O)c3c(OC)cc4c(c3oc12)C[C@H]([C@@]1(C)CO1)O4. The maximum absolute atomic E-state index is 13.2. The van der Waals surface area contributed by atoms with Crippen molar-refractivity contribution in [3.63, 3.8) is 0 Å². The number of phenolic OH excluding ortho intramolecular Hbond substituents is 1. The van der Waals surface area contributed by atoms with Gasteiger partial charge in [0.15, 0.2) is 22.7 Å². The van der Waals surface area contributed by atoms with Crippen LogP contribution < -0.4 is 34.5 Å². The van der Waals surface area contributed by atoms with Gasteiger partial charge in [0, 0.05) is 36.1 Å². The average molecular weight is 695 g/mol. The molecule has 12 nitrogen and oxygen atoms in total. The van der Waals surface area contributed by atoms with Gasteiger partial charge in [-0.2, -0.15) is 0 Å². The molecule has 0 aliphatic carbocycles. The first-order chi connectivity index (χ1) is 24.6. The number of hydrogen-bond acceptors (Lipinski definition) is 12. The molecular formula is C39H34O12. The van der Waals surface area contributed by atoms with E-state index in [9.17, 15) is 14.7 Å². The molecule has 10 rings (SSSR count). The van der Waals surface area contributed by atoms with E-state index in [1.165, 1.54) is 20.3 Å². The van der Waals surface area contributed by atoms with E-state index in [1.807, 2.05) is 13.8 Å². The number of rotatable bonds is 5. The number of epoxide rings is 2. The van der Waals surface area contributed by atoms with Crippen LogP contribution >= 0.6 is 0 Å². The summed E-state index contributed by atoms with van der Waals surface area (Å²) >= 11 is 0. The van der Waals surface area contributed by atoms with Crippen LogP contribution in [0.15, 0.2) is 67.0 Å². The monoisotopic (exact) mass is 694 g/mol. The highest BCUT2D eigenvalue weighted by Crippen LogP contribution is 2.48. The van der Waals surface area contributed by atoms with Crippen LogP contribution in [0.1, 0.15) is 25.0 Å². The Kier molecular flexibility index (Phi) is 6.81. The van der Waals surface area contributed by atoms with Gasteiger partial charge < -0.3 is 47.1 Å². The Morgan fingerprint density at radius 3 is 1.57 bits per heavy atom. The zero-order valence-electron chi connectivity index (χ0n) is 28.5. The van der Waals surface area contributed by atoms with Crippen molar-refractivity contribution in [2.75, 3.05) is 34.5 Å². The minimum absolute atomic E-state index is 0.0685. The molecule has 0 radical (unpaired) electrons. The van der Waals surface area contributed by atoms with Crippen molar-refractivity contribution < 1.29 is 47.1 Å². The molecule has 2 saturated heterocycles. The molecule has 51 heavy (non-hydrogen) atoms. The second-order valence-electron chi connectivity index (χ2n) is 13.7. The minimum Gasteiger partial charge on any atom is -0.504 e. The van der Waals surface area contributed by atoms with Crippen LogP contribution in [-0.2, 0) is 22.3 Å². The molecule has 0 unspecified atom stereocenters. The van der Waals surface area contributed by atoms with Gasteiger partial charge in [0.25, 0.3) is 0 Å². The Morgan fingerprint density at radius 1 is 0.647 bits per heavy atom. The van der Waals surface area contributed by atoms with E-state index in [2.05, 4.69) is 0 Å². The van der Waals surface area contributed by atoms with Gasteiger partial charge in [0.2, 0.25) is 10.9 Å². The molecule has 6 aromatic rings. The van der Waals surface area contributed by atoms with E-state index in [0.29, 0.717) is 93.1 Å². The first kappa shape index (κ1) is 31.5. The third-order valence-corrected chi connectivity index (χ3v) is 10.5. The van der Waals surface area contributed by atoms with Gasteiger partial charge in [0.05, 0.1) is 45.3 Å². The first-order valence-corrected chi connectivity index (χ1v) is 16.6. The lowest BCUT2D eigenvalue weighted by atomic mass is 9.98. The molecule has 0 spiro atoms. The summed E-state index contributed by atoms with van der Waals surface area (Å²) in [5, 5.41) is 11.7.